The first-order chi connectivity index (χ1) is 19.0. The van der Waals surface area contributed by atoms with Crippen molar-refractivity contribution < 1.29 is 22.8 Å². The molecule has 4 aromatic rings. The molecule has 1 saturated carbocycles. The summed E-state index contributed by atoms with van der Waals surface area (Å²) in [6, 6.07) is 7.16. The highest BCUT2D eigenvalue weighted by atomic mass is 35.5. The Morgan fingerprint density at radius 2 is 1.82 bits per heavy atom. The number of halogens is 6. The maximum Gasteiger partial charge on any atom is 0.436 e. The summed E-state index contributed by atoms with van der Waals surface area (Å²) < 4.78 is 40.0. The van der Waals surface area contributed by atoms with Gasteiger partial charge in [-0.1, -0.05) is 34.8 Å². The average Bonchev–Trinajstić information content (AvgIpc) is 3.43. The first-order valence-corrected chi connectivity index (χ1v) is 12.9. The largest absolute Gasteiger partial charge is 0.436 e. The van der Waals surface area contributed by atoms with Crippen molar-refractivity contribution in [3.05, 3.63) is 80.4 Å². The Labute approximate surface area is 239 Å². The summed E-state index contributed by atoms with van der Waals surface area (Å²) in [5.41, 5.74) is -1.10. The van der Waals surface area contributed by atoms with E-state index in [2.05, 4.69) is 30.9 Å². The van der Waals surface area contributed by atoms with Crippen molar-refractivity contribution in [1.29, 1.82) is 0 Å². The van der Waals surface area contributed by atoms with E-state index in [1.807, 2.05) is 0 Å². The van der Waals surface area contributed by atoms with E-state index in [0.717, 1.165) is 22.3 Å². The number of hydrogen-bond donors (Lipinski definition) is 2. The third kappa shape index (κ3) is 6.21. The van der Waals surface area contributed by atoms with E-state index >= 15 is 0 Å². The standard InChI is InChI=1S/C24H18Cl3F3N8O2/c25-13-6-15(22(39)32-9-12-3-4-12)20(17(27)7-13)34-23(40)18-8-14(11-37-33-10-19(36-37)24(28,29)30)35-38(18)21-16(26)2-1-5-31-21/h1-2,5-8,10,12H,3-4,9,11H2,(H,32,39)(H,34,40). The van der Waals surface area contributed by atoms with E-state index in [0.29, 0.717) is 18.7 Å². The number of carbonyl (C=O) groups is 2. The molecule has 0 spiro atoms. The summed E-state index contributed by atoms with van der Waals surface area (Å²) in [4.78, 5) is 31.4. The highest BCUT2D eigenvalue weighted by Gasteiger charge is 2.34. The van der Waals surface area contributed by atoms with Crippen molar-refractivity contribution >= 4 is 52.3 Å². The second-order valence-corrected chi connectivity index (χ2v) is 10.2. The van der Waals surface area contributed by atoms with Crippen LogP contribution in [0.2, 0.25) is 15.1 Å². The number of benzene rings is 1. The van der Waals surface area contributed by atoms with E-state index in [4.69, 9.17) is 34.8 Å². The lowest BCUT2D eigenvalue weighted by Crippen LogP contribution is -2.27. The Hall–Kier alpha value is -3.68. The number of pyridine rings is 1. The van der Waals surface area contributed by atoms with Gasteiger partial charge in [0, 0.05) is 17.8 Å². The summed E-state index contributed by atoms with van der Waals surface area (Å²) in [6.07, 6.45) is -0.626. The molecule has 10 nitrogen and oxygen atoms in total. The minimum Gasteiger partial charge on any atom is -0.352 e. The lowest BCUT2D eigenvalue weighted by atomic mass is 10.1. The van der Waals surface area contributed by atoms with Crippen LogP contribution in [-0.2, 0) is 12.7 Å². The molecular formula is C24H18Cl3F3N8O2. The number of anilines is 1. The lowest BCUT2D eigenvalue weighted by molar-refractivity contribution is -0.141. The molecule has 1 aliphatic carbocycles. The molecule has 3 aromatic heterocycles. The molecular weight excluding hydrogens is 596 g/mol. The van der Waals surface area contributed by atoms with Crippen molar-refractivity contribution in [2.75, 3.05) is 11.9 Å². The number of carbonyl (C=O) groups excluding carboxylic acids is 2. The minimum atomic E-state index is -4.68. The van der Waals surface area contributed by atoms with Gasteiger partial charge in [-0.15, -0.1) is 5.10 Å². The van der Waals surface area contributed by atoms with E-state index < -0.39 is 23.7 Å². The molecule has 0 atom stereocenters. The Bertz CT molecular complexity index is 1600. The Morgan fingerprint density at radius 3 is 2.50 bits per heavy atom. The maximum atomic E-state index is 13.6. The predicted molar refractivity (Wildman–Crippen MR) is 140 cm³/mol. The van der Waals surface area contributed by atoms with Gasteiger partial charge in [0.2, 0.25) is 0 Å². The van der Waals surface area contributed by atoms with Crippen LogP contribution in [0, 0.1) is 5.92 Å². The van der Waals surface area contributed by atoms with Gasteiger partial charge in [0.1, 0.15) is 12.2 Å². The summed E-state index contributed by atoms with van der Waals surface area (Å²) in [6.45, 7) is 0.173. The monoisotopic (exact) mass is 612 g/mol. The number of rotatable bonds is 8. The van der Waals surface area contributed by atoms with Crippen molar-refractivity contribution in [2.45, 2.75) is 25.6 Å². The maximum absolute atomic E-state index is 13.6. The third-order valence-corrected chi connectivity index (χ3v) is 6.66. The zero-order valence-corrected chi connectivity index (χ0v) is 22.5. The van der Waals surface area contributed by atoms with Gasteiger partial charge in [0.25, 0.3) is 11.8 Å². The molecule has 1 fully saturated rings. The smallest absolute Gasteiger partial charge is 0.352 e. The highest BCUT2D eigenvalue weighted by molar-refractivity contribution is 6.38. The van der Waals surface area contributed by atoms with Crippen LogP contribution in [0.5, 0.6) is 0 Å². The van der Waals surface area contributed by atoms with Crippen LogP contribution in [0.25, 0.3) is 5.82 Å². The third-order valence-electron chi connectivity index (χ3n) is 5.85. The predicted octanol–water partition coefficient (Wildman–Crippen LogP) is 5.28. The van der Waals surface area contributed by atoms with Crippen LogP contribution in [-0.4, -0.2) is 48.1 Å². The number of nitrogens with zero attached hydrogens (tertiary/aromatic N) is 6. The normalized spacial score (nSPS) is 13.3. The van der Waals surface area contributed by atoms with Crippen LogP contribution in [0.3, 0.4) is 0 Å². The molecule has 0 aliphatic heterocycles. The molecule has 3 heterocycles. The van der Waals surface area contributed by atoms with Gasteiger partial charge in [-0.05, 0) is 49.1 Å². The molecule has 1 aromatic carbocycles. The molecule has 2 N–H and O–H groups in total. The highest BCUT2D eigenvalue weighted by Crippen LogP contribution is 2.32. The quantitative estimate of drug-likeness (QED) is 0.279. The lowest BCUT2D eigenvalue weighted by Gasteiger charge is -2.14. The van der Waals surface area contributed by atoms with Gasteiger partial charge in [0.05, 0.1) is 33.2 Å². The van der Waals surface area contributed by atoms with E-state index in [9.17, 15) is 22.8 Å². The molecule has 0 unspecified atom stereocenters. The number of amides is 2. The fraction of sp³-hybridized carbons (Fsp3) is 0.250. The molecule has 0 saturated heterocycles. The van der Waals surface area contributed by atoms with Crippen LogP contribution < -0.4 is 10.6 Å². The topological polar surface area (TPSA) is 120 Å². The van der Waals surface area contributed by atoms with Gasteiger partial charge in [-0.25, -0.2) is 9.67 Å². The first-order valence-electron chi connectivity index (χ1n) is 11.8. The van der Waals surface area contributed by atoms with Crippen LogP contribution in [0.15, 0.2) is 42.7 Å². The van der Waals surface area contributed by atoms with Gasteiger partial charge >= 0.3 is 6.18 Å². The molecule has 0 radical (unpaired) electrons. The zero-order chi connectivity index (χ0) is 28.6. The number of aromatic nitrogens is 6. The molecule has 208 valence electrons. The molecule has 5 rings (SSSR count). The molecule has 40 heavy (non-hydrogen) atoms. The van der Waals surface area contributed by atoms with Crippen molar-refractivity contribution in [3.8, 4) is 5.82 Å². The molecule has 0 bridgehead atoms. The van der Waals surface area contributed by atoms with E-state index in [1.54, 1.807) is 6.07 Å². The average molecular weight is 614 g/mol. The second-order valence-electron chi connectivity index (χ2n) is 8.92. The first kappa shape index (κ1) is 27.9. The van der Waals surface area contributed by atoms with Crippen LogP contribution >= 0.6 is 34.8 Å². The van der Waals surface area contributed by atoms with Crippen molar-refractivity contribution in [3.63, 3.8) is 0 Å². The van der Waals surface area contributed by atoms with Gasteiger partial charge in [-0.2, -0.15) is 28.2 Å². The summed E-state index contributed by atoms with van der Waals surface area (Å²) >= 11 is 18.8. The fourth-order valence-electron chi connectivity index (χ4n) is 3.72. The van der Waals surface area contributed by atoms with Crippen LogP contribution in [0.4, 0.5) is 18.9 Å². The molecule has 1 aliphatic rings. The molecule has 16 heteroatoms. The van der Waals surface area contributed by atoms with Crippen LogP contribution in [0.1, 0.15) is 45.1 Å². The van der Waals surface area contributed by atoms with Gasteiger partial charge in [-0.3, -0.25) is 9.59 Å². The van der Waals surface area contributed by atoms with Gasteiger partial charge < -0.3 is 10.6 Å². The zero-order valence-electron chi connectivity index (χ0n) is 20.2. The summed E-state index contributed by atoms with van der Waals surface area (Å²) in [5, 5.41) is 17.1. The Balaban J connectivity index is 1.49. The minimum absolute atomic E-state index is 0.00865. The van der Waals surface area contributed by atoms with Crippen molar-refractivity contribution in [2.24, 2.45) is 5.92 Å². The molecule has 2 amide bonds. The number of alkyl halides is 3. The summed E-state index contributed by atoms with van der Waals surface area (Å²) in [7, 11) is 0. The SMILES string of the molecule is O=C(NCC1CC1)c1cc(Cl)cc(Cl)c1NC(=O)c1cc(Cn2ncc(C(F)(F)F)n2)nn1-c1ncccc1Cl. The summed E-state index contributed by atoms with van der Waals surface area (Å²) in [5.74, 6) is -0.747. The Kier molecular flexibility index (Phi) is 7.71. The van der Waals surface area contributed by atoms with Gasteiger partial charge in [0.15, 0.2) is 11.5 Å². The number of hydrogen-bond acceptors (Lipinski definition) is 6. The second kappa shape index (κ2) is 11.1. The van der Waals surface area contributed by atoms with E-state index in [1.165, 1.54) is 30.5 Å². The Morgan fingerprint density at radius 1 is 1.05 bits per heavy atom. The number of nitrogens with one attached hydrogen (secondary N) is 2. The fourth-order valence-corrected chi connectivity index (χ4v) is 4.47. The van der Waals surface area contributed by atoms with E-state index in [-0.39, 0.29) is 50.1 Å². The van der Waals surface area contributed by atoms with Crippen molar-refractivity contribution in [1.82, 2.24) is 35.1 Å².